The second-order valence-corrected chi connectivity index (χ2v) is 9.81. The normalized spacial score (nSPS) is 24.2. The van der Waals surface area contributed by atoms with Crippen molar-refractivity contribution in [1.29, 1.82) is 0 Å². The Balaban J connectivity index is 1.52. The number of para-hydroxylation sites is 1. The van der Waals surface area contributed by atoms with Crippen molar-refractivity contribution in [1.82, 2.24) is 15.0 Å². The molecule has 3 aromatic rings. The molecule has 2 aromatic heterocycles. The number of aromatic nitrogens is 3. The van der Waals surface area contributed by atoms with Crippen LogP contribution in [-0.2, 0) is 9.47 Å². The van der Waals surface area contributed by atoms with Crippen molar-refractivity contribution in [3.05, 3.63) is 30.0 Å². The molecular weight excluding hydrogens is 455 g/mol. The number of ether oxygens (including phenoxy) is 2. The minimum atomic E-state index is -4.38. The molecule has 0 bridgehead atoms. The van der Waals surface area contributed by atoms with Gasteiger partial charge in [-0.3, -0.25) is 0 Å². The van der Waals surface area contributed by atoms with Crippen molar-refractivity contribution < 1.29 is 22.6 Å². The van der Waals surface area contributed by atoms with Gasteiger partial charge in [-0.25, -0.2) is 9.97 Å². The molecule has 1 saturated heterocycles. The predicted molar refractivity (Wildman–Crippen MR) is 120 cm³/mol. The van der Waals surface area contributed by atoms with E-state index in [4.69, 9.17) is 14.5 Å². The molecule has 3 atom stereocenters. The van der Waals surface area contributed by atoms with Crippen LogP contribution >= 0.6 is 11.3 Å². The predicted octanol–water partition coefficient (Wildman–Crippen LogP) is 5.13. The zero-order chi connectivity index (χ0) is 23.4. The van der Waals surface area contributed by atoms with Gasteiger partial charge in [0.25, 0.3) is 0 Å². The maximum atomic E-state index is 12.8. The Labute approximate surface area is 192 Å². The summed E-state index contributed by atoms with van der Waals surface area (Å²) in [6.07, 6.45) is -2.97. The summed E-state index contributed by atoms with van der Waals surface area (Å²) in [6, 6.07) is 7.65. The lowest BCUT2D eigenvalue weighted by molar-refractivity contribution is -0.152. The summed E-state index contributed by atoms with van der Waals surface area (Å²) in [4.78, 5) is 13.5. The fraction of sp³-hybridized carbons (Fsp3) is 0.500. The molecule has 1 aromatic carbocycles. The van der Waals surface area contributed by atoms with Crippen LogP contribution in [0, 0.1) is 6.92 Å². The molecule has 1 saturated carbocycles. The number of benzene rings is 1. The van der Waals surface area contributed by atoms with E-state index in [1.165, 1.54) is 11.3 Å². The number of hydrogen-bond donors (Lipinski definition) is 2. The van der Waals surface area contributed by atoms with E-state index in [1.54, 1.807) is 6.92 Å². The molecule has 5 rings (SSSR count). The number of rotatable bonds is 5. The third kappa shape index (κ3) is 4.62. The first-order chi connectivity index (χ1) is 15.6. The summed E-state index contributed by atoms with van der Waals surface area (Å²) in [5, 5.41) is 6.43. The Kier molecular flexibility index (Phi) is 5.45. The van der Waals surface area contributed by atoms with Crippen LogP contribution in [0.2, 0.25) is 0 Å². The molecule has 7 nitrogen and oxygen atoms in total. The highest BCUT2D eigenvalue weighted by Crippen LogP contribution is 2.41. The van der Waals surface area contributed by atoms with Crippen molar-refractivity contribution in [3.63, 3.8) is 0 Å². The molecule has 1 aliphatic carbocycles. The molecular formula is C22H24F3N5O2S. The lowest BCUT2D eigenvalue weighted by atomic mass is 10.1. The Bertz CT molecular complexity index is 1150. The quantitative estimate of drug-likeness (QED) is 0.525. The van der Waals surface area contributed by atoms with E-state index in [9.17, 15) is 13.2 Å². The Morgan fingerprint density at radius 1 is 1.12 bits per heavy atom. The number of alkyl halides is 3. The molecule has 176 valence electrons. The average Bonchev–Trinajstić information content (AvgIpc) is 3.38. The molecule has 0 unspecified atom stereocenters. The van der Waals surface area contributed by atoms with Crippen molar-refractivity contribution in [2.24, 2.45) is 0 Å². The van der Waals surface area contributed by atoms with Gasteiger partial charge in [0.05, 0.1) is 33.6 Å². The summed E-state index contributed by atoms with van der Waals surface area (Å²) in [5.74, 6) is -0.326. The number of halogens is 3. The van der Waals surface area contributed by atoms with Crippen LogP contribution < -0.4 is 10.6 Å². The number of aryl methyl sites for hydroxylation is 1. The Morgan fingerprint density at radius 2 is 1.91 bits per heavy atom. The monoisotopic (exact) mass is 479 g/mol. The summed E-state index contributed by atoms with van der Waals surface area (Å²) >= 11 is 1.49. The average molecular weight is 480 g/mol. The van der Waals surface area contributed by atoms with Gasteiger partial charge in [-0.1, -0.05) is 12.1 Å². The van der Waals surface area contributed by atoms with Gasteiger partial charge in [0.1, 0.15) is 23.5 Å². The first-order valence-corrected chi connectivity index (χ1v) is 11.6. The van der Waals surface area contributed by atoms with Gasteiger partial charge in [0.2, 0.25) is 5.95 Å². The Morgan fingerprint density at radius 3 is 2.67 bits per heavy atom. The fourth-order valence-electron chi connectivity index (χ4n) is 4.44. The minimum Gasteiger partial charge on any atom is -0.364 e. The number of hydrogen-bond acceptors (Lipinski definition) is 8. The highest BCUT2D eigenvalue weighted by Gasteiger charge is 2.49. The van der Waals surface area contributed by atoms with Crippen LogP contribution in [0.4, 0.5) is 24.9 Å². The SMILES string of the molecule is Cc1nc(NCC(F)(F)F)nc(N[C@@H]2CC[C@H]3OC(C)(C)O[C@@H]23)c1-c1nc2ccccc2s1. The molecule has 2 fully saturated rings. The standard InChI is InChI=1S/C22H24F3N5O2S/c1-11-16(19-29-12-6-4-5-7-15(12)33-19)18(30-20(27-11)26-10-22(23,24)25)28-13-8-9-14-17(13)32-21(2,3)31-14/h4-7,13-14,17H,8-10H2,1-3H3,(H2,26,27,28,30)/t13-,14-,17+/m1/s1. The summed E-state index contributed by atoms with van der Waals surface area (Å²) < 4.78 is 51.4. The number of fused-ring (bicyclic) bond motifs is 2. The van der Waals surface area contributed by atoms with Crippen LogP contribution in [0.5, 0.6) is 0 Å². The third-order valence-electron chi connectivity index (χ3n) is 5.75. The second-order valence-electron chi connectivity index (χ2n) is 8.78. The van der Waals surface area contributed by atoms with Crippen LogP contribution in [0.1, 0.15) is 32.4 Å². The number of anilines is 2. The smallest absolute Gasteiger partial charge is 0.364 e. The van der Waals surface area contributed by atoms with Crippen molar-refractivity contribution >= 4 is 33.3 Å². The van der Waals surface area contributed by atoms with Gasteiger partial charge < -0.3 is 20.1 Å². The number of nitrogens with one attached hydrogen (secondary N) is 2. The van der Waals surface area contributed by atoms with E-state index in [2.05, 4.69) is 20.6 Å². The number of nitrogens with zero attached hydrogens (tertiary/aromatic N) is 3. The lowest BCUT2D eigenvalue weighted by Crippen LogP contribution is -2.35. The van der Waals surface area contributed by atoms with Gasteiger partial charge in [-0.2, -0.15) is 18.2 Å². The molecule has 1 aliphatic heterocycles. The van der Waals surface area contributed by atoms with Gasteiger partial charge >= 0.3 is 6.18 Å². The fourth-order valence-corrected chi connectivity index (χ4v) is 5.50. The van der Waals surface area contributed by atoms with Crippen LogP contribution in [0.25, 0.3) is 20.8 Å². The molecule has 0 amide bonds. The zero-order valence-electron chi connectivity index (χ0n) is 18.4. The molecule has 3 heterocycles. The first kappa shape index (κ1) is 22.3. The van der Waals surface area contributed by atoms with Gasteiger partial charge in [-0.05, 0) is 45.7 Å². The molecule has 11 heteroatoms. The number of thiazole rings is 1. The van der Waals surface area contributed by atoms with Crippen LogP contribution in [0.15, 0.2) is 24.3 Å². The highest BCUT2D eigenvalue weighted by atomic mass is 32.1. The van der Waals surface area contributed by atoms with Gasteiger partial charge in [-0.15, -0.1) is 11.3 Å². The molecule has 0 radical (unpaired) electrons. The highest BCUT2D eigenvalue weighted by molar-refractivity contribution is 7.21. The Hall–Kier alpha value is -2.50. The first-order valence-electron chi connectivity index (χ1n) is 10.8. The van der Waals surface area contributed by atoms with Crippen LogP contribution in [0.3, 0.4) is 0 Å². The third-order valence-corrected chi connectivity index (χ3v) is 6.80. The zero-order valence-corrected chi connectivity index (χ0v) is 19.2. The van der Waals surface area contributed by atoms with E-state index >= 15 is 0 Å². The topological polar surface area (TPSA) is 81.2 Å². The second kappa shape index (κ2) is 8.07. The van der Waals surface area contributed by atoms with Crippen molar-refractivity contribution in [2.45, 2.75) is 63.8 Å². The van der Waals surface area contributed by atoms with Gasteiger partial charge in [0.15, 0.2) is 5.79 Å². The van der Waals surface area contributed by atoms with Crippen molar-refractivity contribution in [2.75, 3.05) is 17.2 Å². The van der Waals surface area contributed by atoms with Crippen LogP contribution in [-0.4, -0.2) is 51.7 Å². The maximum Gasteiger partial charge on any atom is 0.405 e. The maximum absolute atomic E-state index is 12.8. The molecule has 33 heavy (non-hydrogen) atoms. The van der Waals surface area contributed by atoms with E-state index in [-0.39, 0.29) is 24.2 Å². The van der Waals surface area contributed by atoms with E-state index in [1.807, 2.05) is 38.1 Å². The van der Waals surface area contributed by atoms with E-state index < -0.39 is 18.5 Å². The van der Waals surface area contributed by atoms with E-state index in [0.29, 0.717) is 22.1 Å². The van der Waals surface area contributed by atoms with Gasteiger partial charge in [0, 0.05) is 0 Å². The van der Waals surface area contributed by atoms with Crippen molar-refractivity contribution in [3.8, 4) is 10.6 Å². The summed E-state index contributed by atoms with van der Waals surface area (Å²) in [7, 11) is 0. The molecule has 2 aliphatic rings. The molecule has 2 N–H and O–H groups in total. The summed E-state index contributed by atoms with van der Waals surface area (Å²) in [5.41, 5.74) is 2.06. The minimum absolute atomic E-state index is 0.0332. The lowest BCUT2D eigenvalue weighted by Gasteiger charge is -2.24. The molecule has 0 spiro atoms. The largest absolute Gasteiger partial charge is 0.405 e. The van der Waals surface area contributed by atoms with E-state index in [0.717, 1.165) is 23.1 Å². The summed E-state index contributed by atoms with van der Waals surface area (Å²) in [6.45, 7) is 4.29.